The van der Waals surface area contributed by atoms with Crippen molar-refractivity contribution < 1.29 is 0 Å². The summed E-state index contributed by atoms with van der Waals surface area (Å²) < 4.78 is 0. The highest BCUT2D eigenvalue weighted by Crippen LogP contribution is 2.16. The fraction of sp³-hybridized carbons (Fsp3) is 1.00. The number of hydrogen-bond donors (Lipinski definition) is 1. The zero-order chi connectivity index (χ0) is 12.1. The second kappa shape index (κ2) is 6.87. The van der Waals surface area contributed by atoms with Gasteiger partial charge in [0.1, 0.15) is 0 Å². The molecular weight excluding hydrogens is 216 g/mol. The van der Waals surface area contributed by atoms with Gasteiger partial charge in [-0.15, -0.1) is 0 Å². The van der Waals surface area contributed by atoms with Crippen LogP contribution in [-0.2, 0) is 0 Å². The van der Waals surface area contributed by atoms with Gasteiger partial charge in [-0.05, 0) is 25.5 Å². The topological polar surface area (TPSA) is 15.3 Å². The van der Waals surface area contributed by atoms with Crippen LogP contribution >= 0.6 is 11.8 Å². The molecule has 0 spiro atoms. The molecule has 16 heavy (non-hydrogen) atoms. The van der Waals surface area contributed by atoms with E-state index in [0.717, 1.165) is 17.7 Å². The van der Waals surface area contributed by atoms with Crippen molar-refractivity contribution in [2.24, 2.45) is 5.92 Å². The van der Waals surface area contributed by atoms with Gasteiger partial charge >= 0.3 is 0 Å². The molecule has 3 heteroatoms. The maximum Gasteiger partial charge on any atom is 0.0198 e. The SMILES string of the molecule is CSC(C)CN1CC(CC(C)C)NCC1C. The van der Waals surface area contributed by atoms with E-state index in [1.54, 1.807) is 0 Å². The standard InChI is InChI=1S/C13H28N2S/c1-10(2)6-13-9-15(8-12(4)16-5)11(3)7-14-13/h10-14H,6-9H2,1-5H3. The first-order valence-corrected chi connectivity index (χ1v) is 7.82. The second-order valence-electron chi connectivity index (χ2n) is 5.58. The van der Waals surface area contributed by atoms with Crippen molar-refractivity contribution in [3.05, 3.63) is 0 Å². The van der Waals surface area contributed by atoms with Gasteiger partial charge in [0.2, 0.25) is 0 Å². The number of nitrogens with zero attached hydrogens (tertiary/aromatic N) is 1. The lowest BCUT2D eigenvalue weighted by Crippen LogP contribution is -2.56. The summed E-state index contributed by atoms with van der Waals surface area (Å²) >= 11 is 1.97. The maximum atomic E-state index is 3.67. The molecule has 1 aliphatic heterocycles. The molecule has 0 aromatic rings. The number of rotatable bonds is 5. The summed E-state index contributed by atoms with van der Waals surface area (Å²) in [5.74, 6) is 0.797. The Balaban J connectivity index is 2.41. The summed E-state index contributed by atoms with van der Waals surface area (Å²) in [5.41, 5.74) is 0. The first-order valence-electron chi connectivity index (χ1n) is 6.53. The van der Waals surface area contributed by atoms with E-state index in [1.807, 2.05) is 11.8 Å². The quantitative estimate of drug-likeness (QED) is 0.800. The van der Waals surface area contributed by atoms with E-state index < -0.39 is 0 Å². The van der Waals surface area contributed by atoms with Crippen molar-refractivity contribution in [2.45, 2.75) is 51.4 Å². The number of piperazine rings is 1. The summed E-state index contributed by atoms with van der Waals surface area (Å²) in [5, 5.41) is 4.42. The largest absolute Gasteiger partial charge is 0.311 e. The molecule has 1 saturated heterocycles. The Hall–Kier alpha value is 0.270. The van der Waals surface area contributed by atoms with E-state index in [4.69, 9.17) is 0 Å². The van der Waals surface area contributed by atoms with Gasteiger partial charge in [-0.25, -0.2) is 0 Å². The van der Waals surface area contributed by atoms with Crippen LogP contribution in [0.2, 0.25) is 0 Å². The van der Waals surface area contributed by atoms with Crippen LogP contribution in [0, 0.1) is 5.92 Å². The molecule has 1 N–H and O–H groups in total. The zero-order valence-electron chi connectivity index (χ0n) is 11.5. The van der Waals surface area contributed by atoms with Crippen molar-refractivity contribution in [3.8, 4) is 0 Å². The summed E-state index contributed by atoms with van der Waals surface area (Å²) in [4.78, 5) is 2.66. The van der Waals surface area contributed by atoms with Crippen LogP contribution in [0.25, 0.3) is 0 Å². The molecule has 0 bridgehead atoms. The van der Waals surface area contributed by atoms with Gasteiger partial charge in [0.15, 0.2) is 0 Å². The molecular formula is C13H28N2S. The Labute approximate surface area is 106 Å². The van der Waals surface area contributed by atoms with E-state index in [-0.39, 0.29) is 0 Å². The molecule has 0 aromatic heterocycles. The van der Waals surface area contributed by atoms with Crippen LogP contribution in [0.5, 0.6) is 0 Å². The fourth-order valence-corrected chi connectivity index (χ4v) is 2.72. The Kier molecular flexibility index (Phi) is 6.16. The van der Waals surface area contributed by atoms with Crippen LogP contribution in [0.1, 0.15) is 34.1 Å². The lowest BCUT2D eigenvalue weighted by Gasteiger charge is -2.40. The van der Waals surface area contributed by atoms with E-state index in [0.29, 0.717) is 12.1 Å². The van der Waals surface area contributed by atoms with Crippen LogP contribution in [0.3, 0.4) is 0 Å². The van der Waals surface area contributed by atoms with Crippen molar-refractivity contribution in [1.29, 1.82) is 0 Å². The van der Waals surface area contributed by atoms with E-state index >= 15 is 0 Å². The monoisotopic (exact) mass is 244 g/mol. The second-order valence-corrected chi connectivity index (χ2v) is 6.86. The molecule has 0 radical (unpaired) electrons. The summed E-state index contributed by atoms with van der Waals surface area (Å²) in [7, 11) is 0. The minimum absolute atomic E-state index is 0.693. The average molecular weight is 244 g/mol. The summed E-state index contributed by atoms with van der Waals surface area (Å²) in [6.07, 6.45) is 3.51. The van der Waals surface area contributed by atoms with Crippen molar-refractivity contribution in [1.82, 2.24) is 10.2 Å². The maximum absolute atomic E-state index is 3.67. The molecule has 1 heterocycles. The van der Waals surface area contributed by atoms with Gasteiger partial charge in [-0.3, -0.25) is 4.90 Å². The molecule has 3 unspecified atom stereocenters. The van der Waals surface area contributed by atoms with Crippen LogP contribution in [0.4, 0.5) is 0 Å². The third-order valence-corrected chi connectivity index (χ3v) is 4.38. The van der Waals surface area contributed by atoms with Gasteiger partial charge in [0.25, 0.3) is 0 Å². The lowest BCUT2D eigenvalue weighted by atomic mass is 10.00. The van der Waals surface area contributed by atoms with E-state index in [9.17, 15) is 0 Å². The Bertz CT molecular complexity index is 196. The molecule has 96 valence electrons. The average Bonchev–Trinajstić information content (AvgIpc) is 2.22. The fourth-order valence-electron chi connectivity index (χ4n) is 2.38. The highest BCUT2D eigenvalue weighted by molar-refractivity contribution is 7.99. The van der Waals surface area contributed by atoms with Gasteiger partial charge < -0.3 is 5.32 Å². The van der Waals surface area contributed by atoms with Crippen molar-refractivity contribution in [2.75, 3.05) is 25.9 Å². The van der Waals surface area contributed by atoms with Gasteiger partial charge in [0, 0.05) is 37.0 Å². The van der Waals surface area contributed by atoms with E-state index in [1.165, 1.54) is 19.5 Å². The normalized spacial score (nSPS) is 29.6. The smallest absolute Gasteiger partial charge is 0.0198 e. The van der Waals surface area contributed by atoms with Gasteiger partial charge in [0.05, 0.1) is 0 Å². The van der Waals surface area contributed by atoms with Gasteiger partial charge in [-0.2, -0.15) is 11.8 Å². The molecule has 0 aliphatic carbocycles. The van der Waals surface area contributed by atoms with Crippen molar-refractivity contribution >= 4 is 11.8 Å². The molecule has 1 aliphatic rings. The summed E-state index contributed by atoms with van der Waals surface area (Å²) in [6, 6.07) is 1.39. The predicted octanol–water partition coefficient (Wildman–Crippen LogP) is 2.45. The highest BCUT2D eigenvalue weighted by Gasteiger charge is 2.25. The first-order chi connectivity index (χ1) is 7.52. The molecule has 1 rings (SSSR count). The summed E-state index contributed by atoms with van der Waals surface area (Å²) in [6.45, 7) is 12.9. The minimum Gasteiger partial charge on any atom is -0.311 e. The molecule has 0 aromatic carbocycles. The molecule has 1 fully saturated rings. The molecule has 2 nitrogen and oxygen atoms in total. The highest BCUT2D eigenvalue weighted by atomic mass is 32.2. The lowest BCUT2D eigenvalue weighted by molar-refractivity contribution is 0.134. The number of hydrogen-bond acceptors (Lipinski definition) is 3. The first kappa shape index (κ1) is 14.3. The third kappa shape index (κ3) is 4.64. The molecule has 3 atom stereocenters. The Morgan fingerprint density at radius 1 is 1.38 bits per heavy atom. The zero-order valence-corrected chi connectivity index (χ0v) is 12.3. The van der Waals surface area contributed by atoms with E-state index in [2.05, 4.69) is 44.2 Å². The molecule has 0 amide bonds. The third-order valence-electron chi connectivity index (χ3n) is 3.43. The Morgan fingerprint density at radius 3 is 2.62 bits per heavy atom. The predicted molar refractivity (Wildman–Crippen MR) is 75.3 cm³/mol. The van der Waals surface area contributed by atoms with Crippen molar-refractivity contribution in [3.63, 3.8) is 0 Å². The van der Waals surface area contributed by atoms with Crippen LogP contribution in [0.15, 0.2) is 0 Å². The van der Waals surface area contributed by atoms with Crippen LogP contribution < -0.4 is 5.32 Å². The molecule has 0 saturated carbocycles. The Morgan fingerprint density at radius 2 is 2.06 bits per heavy atom. The van der Waals surface area contributed by atoms with Gasteiger partial charge in [-0.1, -0.05) is 20.8 Å². The minimum atomic E-state index is 0.693. The van der Waals surface area contributed by atoms with Crippen LogP contribution in [-0.4, -0.2) is 48.1 Å². The number of nitrogens with one attached hydrogen (secondary N) is 1. The number of thioether (sulfide) groups is 1.